The molecule has 113 heavy (non-hydrogen) atoms. The Bertz CT molecular complexity index is 4030. The van der Waals surface area contributed by atoms with E-state index in [2.05, 4.69) is 210 Å². The first kappa shape index (κ1) is 98.6. The molecule has 1 saturated carbocycles. The largest absolute Gasteiger partial charge is 0.314 e. The van der Waals surface area contributed by atoms with Crippen molar-refractivity contribution in [2.75, 3.05) is 39.0 Å². The van der Waals surface area contributed by atoms with Crippen molar-refractivity contribution >= 4 is 44.9 Å². The maximum atomic E-state index is 13.5. The van der Waals surface area contributed by atoms with E-state index in [9.17, 15) is 21.8 Å². The van der Waals surface area contributed by atoms with Crippen LogP contribution in [-0.4, -0.2) is 112 Å². The fourth-order valence-electron chi connectivity index (χ4n) is 11.9. The molecule has 9 aromatic rings. The van der Waals surface area contributed by atoms with Crippen LogP contribution in [0.5, 0.6) is 0 Å². The van der Waals surface area contributed by atoms with E-state index >= 15 is 0 Å². The van der Waals surface area contributed by atoms with E-state index in [0.29, 0.717) is 84.0 Å². The molecule has 0 radical (unpaired) electrons. The molecule has 1 saturated heterocycles. The van der Waals surface area contributed by atoms with E-state index in [1.54, 1.807) is 54.8 Å². The molecule has 1 unspecified atom stereocenters. The lowest BCUT2D eigenvalue weighted by molar-refractivity contribution is 0.199. The molecule has 0 amide bonds. The number of hydrogen-bond donors (Lipinski definition) is 7. The van der Waals surface area contributed by atoms with Crippen molar-refractivity contribution in [1.82, 2.24) is 52.0 Å². The van der Waals surface area contributed by atoms with Gasteiger partial charge in [0.25, 0.3) is 0 Å². The molecule has 620 valence electrons. The van der Waals surface area contributed by atoms with Crippen LogP contribution in [0.1, 0.15) is 193 Å². The number of fused-ring (bicyclic) bond motifs is 1. The van der Waals surface area contributed by atoms with E-state index in [1.807, 2.05) is 92.8 Å². The SMILES string of the molecule is CC(C)N(Cc1ccccc1F)C1CC1.CC(C)NCCc1c(F)cccc1Cl.CC(C)NCCc1cccc(F)c1.CC(C)NC[C@@H](c1ccccc1Cl)N1CCCC1.CC(C)NCc1cccc2ncccc12.CC(C)NCc1ccccc1F.CC(C)NCc1ccccc1S(C)=O.Cc1ccc(CNC(C)C)cc1. The van der Waals surface area contributed by atoms with Crippen LogP contribution in [0.3, 0.4) is 0 Å². The zero-order valence-corrected chi connectivity index (χ0v) is 73.4. The molecule has 18 heteroatoms. The molecule has 8 aromatic carbocycles. The van der Waals surface area contributed by atoms with Gasteiger partial charge in [0.2, 0.25) is 0 Å². The van der Waals surface area contributed by atoms with Crippen LogP contribution in [0, 0.1) is 30.2 Å². The van der Waals surface area contributed by atoms with Gasteiger partial charge in [-0.25, -0.2) is 17.6 Å². The second-order valence-electron chi connectivity index (χ2n) is 31.2. The summed E-state index contributed by atoms with van der Waals surface area (Å²) in [6.45, 7) is 45.1. The summed E-state index contributed by atoms with van der Waals surface area (Å²) >= 11 is 12.2. The molecule has 0 bridgehead atoms. The molecule has 1 aliphatic carbocycles. The lowest BCUT2D eigenvalue weighted by Crippen LogP contribution is -2.36. The minimum Gasteiger partial charge on any atom is -0.314 e. The number of halogens is 6. The van der Waals surface area contributed by atoms with Crippen LogP contribution >= 0.6 is 23.2 Å². The van der Waals surface area contributed by atoms with E-state index in [1.165, 1.54) is 84.6 Å². The van der Waals surface area contributed by atoms with Crippen molar-refractivity contribution in [1.29, 1.82) is 0 Å². The van der Waals surface area contributed by atoms with Crippen LogP contribution in [0.4, 0.5) is 17.6 Å². The first-order valence-corrected chi connectivity index (χ1v) is 43.0. The molecule has 7 N–H and O–H groups in total. The maximum Gasteiger partial charge on any atom is 0.127 e. The topological polar surface area (TPSA) is 121 Å². The van der Waals surface area contributed by atoms with Gasteiger partial charge >= 0.3 is 0 Å². The molecule has 11 nitrogen and oxygen atoms in total. The normalized spacial score (nSPS) is 13.1. The first-order valence-electron chi connectivity index (χ1n) is 40.7. The highest BCUT2D eigenvalue weighted by molar-refractivity contribution is 7.84. The maximum absolute atomic E-state index is 13.5. The second kappa shape index (κ2) is 55.8. The van der Waals surface area contributed by atoms with Gasteiger partial charge in [-0.05, 0) is 174 Å². The summed E-state index contributed by atoms with van der Waals surface area (Å²) in [6.07, 6.45) is 10.2. The number of likely N-dealkylation sites (tertiary alicyclic amines) is 1. The molecule has 1 aromatic heterocycles. The Morgan fingerprint density at radius 1 is 0.469 bits per heavy atom. The van der Waals surface area contributed by atoms with E-state index < -0.39 is 10.8 Å². The van der Waals surface area contributed by atoms with Gasteiger partial charge in [-0.2, -0.15) is 0 Å². The van der Waals surface area contributed by atoms with Crippen molar-refractivity contribution in [3.63, 3.8) is 0 Å². The average Bonchev–Trinajstić information content (AvgIpc) is 1.81. The minimum atomic E-state index is -0.895. The number of nitrogens with one attached hydrogen (secondary N) is 7. The lowest BCUT2D eigenvalue weighted by Gasteiger charge is -2.29. The van der Waals surface area contributed by atoms with Gasteiger partial charge in [0.15, 0.2) is 0 Å². The van der Waals surface area contributed by atoms with Crippen LogP contribution in [-0.2, 0) is 56.4 Å². The van der Waals surface area contributed by atoms with E-state index in [-0.39, 0.29) is 23.3 Å². The van der Waals surface area contributed by atoms with Crippen LogP contribution in [0.2, 0.25) is 10.0 Å². The average molecular weight is 1610 g/mol. The number of benzene rings is 8. The summed E-state index contributed by atoms with van der Waals surface area (Å²) in [7, 11) is -0.895. The lowest BCUT2D eigenvalue weighted by atomic mass is 10.1. The highest BCUT2D eigenvalue weighted by Gasteiger charge is 2.31. The molecule has 2 atom stereocenters. The molecule has 2 fully saturated rings. The molecular weight excluding hydrogens is 1480 g/mol. The van der Waals surface area contributed by atoms with E-state index in [0.717, 1.165) is 89.9 Å². The zero-order chi connectivity index (χ0) is 83.2. The number of aromatic nitrogens is 1. The third-order valence-corrected chi connectivity index (χ3v) is 20.0. The highest BCUT2D eigenvalue weighted by atomic mass is 35.5. The van der Waals surface area contributed by atoms with Crippen molar-refractivity contribution in [3.8, 4) is 0 Å². The Hall–Kier alpha value is -6.74. The number of pyridine rings is 1. The fourth-order valence-corrected chi connectivity index (χ4v) is 13.2. The van der Waals surface area contributed by atoms with Gasteiger partial charge < -0.3 is 37.2 Å². The summed E-state index contributed by atoms with van der Waals surface area (Å²) in [5.74, 6) is -0.584. The highest BCUT2D eigenvalue weighted by Crippen LogP contribution is 2.32. The van der Waals surface area contributed by atoms with Gasteiger partial charge in [-0.1, -0.05) is 259 Å². The Kier molecular flexibility index (Phi) is 48.7. The summed E-state index contributed by atoms with van der Waals surface area (Å²) in [6, 6.07) is 65.5. The predicted octanol–water partition coefficient (Wildman–Crippen LogP) is 21.5. The summed E-state index contributed by atoms with van der Waals surface area (Å²) in [4.78, 5) is 10.2. The number of hydrogen-bond acceptors (Lipinski definition) is 11. The third-order valence-electron chi connectivity index (χ3n) is 18.3. The second-order valence-corrected chi connectivity index (χ2v) is 33.4. The smallest absolute Gasteiger partial charge is 0.127 e. The standard InChI is InChI=1S/C15H23ClN2.C13H18FN.C13H16N2.C11H15ClFN.C11H16FN.C11H17NOS.C11H17N.C10H14FN/c1-12(2)17-11-15(18-9-5-6-10-18)13-7-3-4-8-14(13)16;1-10(2)15(12-7-8-12)9-11-5-3-4-6-13(11)14;1-10(2)15-9-11-5-3-7-13-12(11)6-4-8-14-13;1-8(2)14-7-6-9-10(12)4-3-5-11(9)13;1-9(2)13-7-6-10-4-3-5-11(12)8-10;1-9(2)12-8-10-6-4-5-7-11(10)14(3)13;1-9(2)12-8-11-6-4-10(3)5-7-11;1-8(2)12-7-9-5-3-4-6-10(9)11/h3-4,7-8,12,15,17H,5-6,9-11H2,1-2H3;3-6,10,12H,7-9H2,1-2H3;3-8,10,15H,9H2,1-2H3;3-5,8,14H,6-7H2,1-2H3;3-5,8-9,13H,6-7H2,1-2H3;4-7,9,12H,8H2,1-3H3;4-7,9,12H,8H2,1-3H3;3-6,8,12H,7H2,1-2H3/t15-;;;;;;;/m0......./s1. The molecule has 1 aliphatic heterocycles. The third kappa shape index (κ3) is 42.1. The van der Waals surface area contributed by atoms with E-state index in [4.69, 9.17) is 23.2 Å². The summed E-state index contributed by atoms with van der Waals surface area (Å²) < 4.78 is 63.9. The van der Waals surface area contributed by atoms with Crippen molar-refractivity contribution in [3.05, 3.63) is 284 Å². The Morgan fingerprint density at radius 3 is 1.49 bits per heavy atom. The molecule has 2 heterocycles. The van der Waals surface area contributed by atoms with Crippen LogP contribution in [0.15, 0.2) is 205 Å². The van der Waals surface area contributed by atoms with Crippen LogP contribution in [0.25, 0.3) is 10.9 Å². The van der Waals surface area contributed by atoms with Crippen molar-refractivity contribution in [2.24, 2.45) is 0 Å². The first-order chi connectivity index (χ1) is 53.9. The molecule has 0 spiro atoms. The van der Waals surface area contributed by atoms with Gasteiger partial charge in [0.05, 0.1) is 16.3 Å². The minimum absolute atomic E-state index is 0.0798. The Balaban J connectivity index is 0.000000273. The zero-order valence-electron chi connectivity index (χ0n) is 71.1. The molecular formula is C95H136Cl2F4N10OS. The van der Waals surface area contributed by atoms with Gasteiger partial charge in [-0.15, -0.1) is 0 Å². The monoisotopic (exact) mass is 1610 g/mol. The van der Waals surface area contributed by atoms with Gasteiger partial charge in [0.1, 0.15) is 23.3 Å². The van der Waals surface area contributed by atoms with Crippen molar-refractivity contribution in [2.45, 2.75) is 254 Å². The Labute approximate surface area is 691 Å². The van der Waals surface area contributed by atoms with Crippen LogP contribution < -0.4 is 37.2 Å². The predicted molar refractivity (Wildman–Crippen MR) is 476 cm³/mol. The molecule has 2 aliphatic rings. The quantitative estimate of drug-likeness (QED) is 0.0218. The summed E-state index contributed by atoms with van der Waals surface area (Å²) in [5.41, 5.74) is 10.6. The summed E-state index contributed by atoms with van der Waals surface area (Å²) in [5, 5.41) is 26.0. The Morgan fingerprint density at radius 2 is 0.947 bits per heavy atom. The molecule has 11 rings (SSSR count). The number of aryl methyl sites for hydroxylation is 1. The fraction of sp³-hybridized carbons (Fsp3) is 0.463. The number of rotatable bonds is 30. The van der Waals surface area contributed by atoms with Crippen molar-refractivity contribution < 1.29 is 21.8 Å². The number of nitrogens with zero attached hydrogens (tertiary/aromatic N) is 3. The van der Waals surface area contributed by atoms with Gasteiger partial charge in [0, 0.05) is 149 Å². The van der Waals surface area contributed by atoms with Gasteiger partial charge in [-0.3, -0.25) is 19.0 Å².